The maximum Gasteiger partial charge on any atom is 0.0838 e. The Kier molecular flexibility index (Phi) is 4.89. The van der Waals surface area contributed by atoms with Crippen LogP contribution in [0.3, 0.4) is 0 Å². The monoisotopic (exact) mass is 489 g/mol. The van der Waals surface area contributed by atoms with Gasteiger partial charge in [0.2, 0.25) is 0 Å². The van der Waals surface area contributed by atoms with Gasteiger partial charge in [-0.25, -0.2) is 0 Å². The maximum atomic E-state index is 6.25. The first-order chi connectivity index (χ1) is 18.9. The van der Waals surface area contributed by atoms with E-state index < -0.39 is 0 Å². The van der Waals surface area contributed by atoms with Crippen LogP contribution in [0, 0.1) is 0 Å². The van der Waals surface area contributed by atoms with E-state index in [1.54, 1.807) is 0 Å². The summed E-state index contributed by atoms with van der Waals surface area (Å²) in [5.41, 5.74) is 8.83. The minimum atomic E-state index is 0.249. The normalized spacial score (nSPS) is 17.7. The van der Waals surface area contributed by atoms with Crippen LogP contribution < -0.4 is 4.90 Å². The summed E-state index contributed by atoms with van der Waals surface area (Å²) in [5, 5.41) is 5.02. The number of rotatable bonds is 4. The highest BCUT2D eigenvalue weighted by Crippen LogP contribution is 2.53. The first-order valence-electron chi connectivity index (χ1n) is 13.5. The van der Waals surface area contributed by atoms with Crippen LogP contribution in [0.2, 0.25) is 0 Å². The highest BCUT2D eigenvalue weighted by atomic mass is 16.5. The van der Waals surface area contributed by atoms with Gasteiger partial charge in [-0.1, -0.05) is 97.1 Å². The lowest BCUT2D eigenvalue weighted by molar-refractivity contribution is 0.0717. The SMILES string of the molecule is c1ccc(N(c2ccccc2)c2c3ccccc3c(-c3ccc4c(c3)C3CCC4O3)c3ccccc23)cc1. The lowest BCUT2D eigenvalue weighted by atomic mass is 9.85. The highest BCUT2D eigenvalue weighted by molar-refractivity contribution is 6.22. The van der Waals surface area contributed by atoms with Gasteiger partial charge in [-0.3, -0.25) is 0 Å². The second kappa shape index (κ2) is 8.58. The summed E-state index contributed by atoms with van der Waals surface area (Å²) in [6.45, 7) is 0. The van der Waals surface area contributed by atoms with E-state index in [1.165, 1.54) is 49.5 Å². The molecule has 6 aromatic rings. The molecule has 0 spiro atoms. The van der Waals surface area contributed by atoms with E-state index in [9.17, 15) is 0 Å². The molecule has 2 aliphatic heterocycles. The van der Waals surface area contributed by atoms with Gasteiger partial charge >= 0.3 is 0 Å². The number of hydrogen-bond donors (Lipinski definition) is 0. The average Bonchev–Trinajstić information content (AvgIpc) is 3.61. The molecule has 2 unspecified atom stereocenters. The Hall–Kier alpha value is -4.40. The van der Waals surface area contributed by atoms with Crippen molar-refractivity contribution in [3.05, 3.63) is 139 Å². The molecule has 2 atom stereocenters. The number of ether oxygens (including phenoxy) is 1. The lowest BCUT2D eigenvalue weighted by Gasteiger charge is -2.29. The maximum absolute atomic E-state index is 6.25. The summed E-state index contributed by atoms with van der Waals surface area (Å²) in [4.78, 5) is 2.41. The van der Waals surface area contributed by atoms with Crippen molar-refractivity contribution in [1.82, 2.24) is 0 Å². The molecule has 182 valence electrons. The fourth-order valence-electron chi connectivity index (χ4n) is 6.62. The van der Waals surface area contributed by atoms with Gasteiger partial charge in [0, 0.05) is 22.1 Å². The van der Waals surface area contributed by atoms with E-state index in [4.69, 9.17) is 4.74 Å². The number of para-hydroxylation sites is 2. The number of nitrogens with zero attached hydrogens (tertiary/aromatic N) is 1. The molecule has 0 aliphatic carbocycles. The topological polar surface area (TPSA) is 12.5 Å². The Morgan fingerprint density at radius 3 is 1.58 bits per heavy atom. The summed E-state index contributed by atoms with van der Waals surface area (Å²) >= 11 is 0. The van der Waals surface area contributed by atoms with Gasteiger partial charge in [0.25, 0.3) is 0 Å². The second-order valence-electron chi connectivity index (χ2n) is 10.4. The van der Waals surface area contributed by atoms with Crippen molar-refractivity contribution in [2.24, 2.45) is 0 Å². The van der Waals surface area contributed by atoms with Crippen LogP contribution in [0.4, 0.5) is 17.1 Å². The number of hydrogen-bond acceptors (Lipinski definition) is 2. The fraction of sp³-hybridized carbons (Fsp3) is 0.111. The first-order valence-corrected chi connectivity index (χ1v) is 13.5. The summed E-state index contributed by atoms with van der Waals surface area (Å²) in [6, 6.07) is 46.2. The van der Waals surface area contributed by atoms with E-state index in [-0.39, 0.29) is 12.2 Å². The molecule has 0 amide bonds. The van der Waals surface area contributed by atoms with Crippen molar-refractivity contribution in [1.29, 1.82) is 0 Å². The summed E-state index contributed by atoms with van der Waals surface area (Å²) < 4.78 is 6.25. The molecule has 1 saturated heterocycles. The van der Waals surface area contributed by atoms with Crippen molar-refractivity contribution < 1.29 is 4.74 Å². The van der Waals surface area contributed by atoms with Gasteiger partial charge in [0.15, 0.2) is 0 Å². The van der Waals surface area contributed by atoms with Gasteiger partial charge in [-0.15, -0.1) is 0 Å². The van der Waals surface area contributed by atoms with Crippen LogP contribution in [0.25, 0.3) is 32.7 Å². The Morgan fingerprint density at radius 1 is 0.500 bits per heavy atom. The minimum Gasteiger partial charge on any atom is -0.366 e. The molecular weight excluding hydrogens is 462 g/mol. The van der Waals surface area contributed by atoms with Crippen molar-refractivity contribution >= 4 is 38.6 Å². The summed E-state index contributed by atoms with van der Waals surface area (Å²) in [7, 11) is 0. The Labute approximate surface area is 222 Å². The van der Waals surface area contributed by atoms with Crippen LogP contribution in [0.1, 0.15) is 36.2 Å². The van der Waals surface area contributed by atoms with E-state index >= 15 is 0 Å². The standard InChI is InChI=1S/C36H27NO/c1-3-11-25(12-4-1)37(26-13-5-2-6-14-26)36-30-17-9-7-15-28(30)35(29-16-8-10-18-31(29)36)24-19-20-27-32(23-24)34-22-21-33(27)38-34/h1-20,23,33-34H,21-22H2. The third-order valence-corrected chi connectivity index (χ3v) is 8.24. The lowest BCUT2D eigenvalue weighted by Crippen LogP contribution is -2.11. The Balaban J connectivity index is 1.46. The predicted molar refractivity (Wildman–Crippen MR) is 157 cm³/mol. The number of anilines is 3. The molecule has 0 radical (unpaired) electrons. The van der Waals surface area contributed by atoms with Gasteiger partial charge < -0.3 is 9.64 Å². The zero-order valence-corrected chi connectivity index (χ0v) is 21.0. The van der Waals surface area contributed by atoms with Crippen molar-refractivity contribution in [2.45, 2.75) is 25.0 Å². The molecule has 6 aromatic carbocycles. The molecule has 38 heavy (non-hydrogen) atoms. The quantitative estimate of drug-likeness (QED) is 0.228. The molecule has 0 saturated carbocycles. The number of fused-ring (bicyclic) bond motifs is 7. The van der Waals surface area contributed by atoms with E-state index in [0.717, 1.165) is 24.2 Å². The van der Waals surface area contributed by atoms with Crippen molar-refractivity contribution in [3.63, 3.8) is 0 Å². The zero-order valence-electron chi connectivity index (χ0n) is 21.0. The van der Waals surface area contributed by atoms with Crippen LogP contribution in [0.5, 0.6) is 0 Å². The van der Waals surface area contributed by atoms with Crippen LogP contribution in [-0.2, 0) is 4.74 Å². The summed E-state index contributed by atoms with van der Waals surface area (Å²) in [5.74, 6) is 0. The molecule has 2 heteroatoms. The average molecular weight is 490 g/mol. The predicted octanol–water partition coefficient (Wildman–Crippen LogP) is 10.0. The zero-order chi connectivity index (χ0) is 25.1. The third-order valence-electron chi connectivity index (χ3n) is 8.24. The second-order valence-corrected chi connectivity index (χ2v) is 10.4. The molecule has 0 aromatic heterocycles. The third kappa shape index (κ3) is 3.24. The van der Waals surface area contributed by atoms with Gasteiger partial charge in [0.05, 0.1) is 17.9 Å². The van der Waals surface area contributed by atoms with Crippen LogP contribution >= 0.6 is 0 Å². The molecule has 0 N–H and O–H groups in total. The van der Waals surface area contributed by atoms with Gasteiger partial charge in [-0.2, -0.15) is 0 Å². The Bertz CT molecular complexity index is 1710. The summed E-state index contributed by atoms with van der Waals surface area (Å²) in [6.07, 6.45) is 2.81. The fourth-order valence-corrected chi connectivity index (χ4v) is 6.62. The first kappa shape index (κ1) is 21.7. The molecule has 1 fully saturated rings. The largest absolute Gasteiger partial charge is 0.366 e. The van der Waals surface area contributed by atoms with Crippen molar-refractivity contribution in [2.75, 3.05) is 4.90 Å². The van der Waals surface area contributed by atoms with E-state index in [1.807, 2.05) is 0 Å². The Morgan fingerprint density at radius 2 is 1.00 bits per heavy atom. The molecule has 2 heterocycles. The van der Waals surface area contributed by atoms with Crippen LogP contribution in [0.15, 0.2) is 127 Å². The smallest absolute Gasteiger partial charge is 0.0838 e. The van der Waals surface area contributed by atoms with E-state index in [2.05, 4.69) is 132 Å². The molecule has 2 aliphatic rings. The molecule has 8 rings (SSSR count). The van der Waals surface area contributed by atoms with Crippen LogP contribution in [-0.4, -0.2) is 0 Å². The minimum absolute atomic E-state index is 0.249. The van der Waals surface area contributed by atoms with E-state index in [0.29, 0.717) is 0 Å². The number of benzene rings is 6. The molecule has 2 nitrogen and oxygen atoms in total. The highest BCUT2D eigenvalue weighted by Gasteiger charge is 2.38. The molecular formula is C36H27NO. The molecule has 2 bridgehead atoms. The van der Waals surface area contributed by atoms with Gasteiger partial charge in [-0.05, 0) is 76.2 Å². The van der Waals surface area contributed by atoms with Gasteiger partial charge in [0.1, 0.15) is 0 Å². The van der Waals surface area contributed by atoms with Crippen molar-refractivity contribution in [3.8, 4) is 11.1 Å².